The van der Waals surface area contributed by atoms with Crippen molar-refractivity contribution in [3.8, 4) is 5.75 Å². The van der Waals surface area contributed by atoms with Gasteiger partial charge in [0.25, 0.3) is 11.5 Å². The van der Waals surface area contributed by atoms with Crippen LogP contribution < -0.4 is 10.3 Å². The van der Waals surface area contributed by atoms with Gasteiger partial charge < -0.3 is 9.64 Å². The second kappa shape index (κ2) is 7.02. The first-order chi connectivity index (χ1) is 13.1. The minimum atomic E-state index is -0.249. The quantitative estimate of drug-likeness (QED) is 0.658. The zero-order valence-corrected chi connectivity index (χ0v) is 14.7. The number of carbonyl (C=O) groups excluding carboxylic acids is 1. The normalized spacial score (nSPS) is 14.0. The van der Waals surface area contributed by atoms with Crippen LogP contribution in [0.5, 0.6) is 5.75 Å². The summed E-state index contributed by atoms with van der Waals surface area (Å²) in [6.45, 7) is 1.37. The highest BCUT2D eigenvalue weighted by Gasteiger charge is 2.34. The van der Waals surface area contributed by atoms with Crippen LogP contribution in [0.3, 0.4) is 0 Å². The smallest absolute Gasteiger partial charge is 0.274 e. The van der Waals surface area contributed by atoms with Crippen LogP contribution in [0.4, 0.5) is 0 Å². The molecule has 0 atom stereocenters. The highest BCUT2D eigenvalue weighted by molar-refractivity contribution is 5.92. The molecule has 0 unspecified atom stereocenters. The first-order valence-corrected chi connectivity index (χ1v) is 8.52. The monoisotopic (exact) mass is 366 g/mol. The summed E-state index contributed by atoms with van der Waals surface area (Å²) in [7, 11) is 1.52. The van der Waals surface area contributed by atoms with Gasteiger partial charge in [-0.1, -0.05) is 23.4 Å². The van der Waals surface area contributed by atoms with Crippen molar-refractivity contribution in [2.75, 3.05) is 13.1 Å². The second-order valence-electron chi connectivity index (χ2n) is 6.34. The number of ether oxygens (including phenoxy) is 1. The Balaban J connectivity index is 1.33. The Hall–Kier alpha value is -3.49. The van der Waals surface area contributed by atoms with Crippen molar-refractivity contribution < 1.29 is 9.53 Å². The number of hydrogen-bond donors (Lipinski definition) is 0. The summed E-state index contributed by atoms with van der Waals surface area (Å²) in [5, 5.41) is 12.2. The minimum absolute atomic E-state index is 0.0689. The molecule has 0 N–H and O–H groups in total. The molecule has 1 saturated heterocycles. The number of amides is 1. The Bertz CT molecular complexity index is 1010. The molecule has 0 bridgehead atoms. The average Bonchev–Trinajstić information content (AvgIpc) is 3.10. The standard InChI is InChI=1S/C18H18N6O3/c1-22-17(25)8-7-16(20-22)18(26)23-10-14(11-23)24-9-13(19-21-24)12-27-15-5-3-2-4-6-15/h2-9,14H,10-12H2,1H3. The summed E-state index contributed by atoms with van der Waals surface area (Å²) in [4.78, 5) is 25.5. The molecule has 2 aromatic heterocycles. The third kappa shape index (κ3) is 3.57. The molecule has 0 radical (unpaired) electrons. The third-order valence-corrected chi connectivity index (χ3v) is 4.39. The summed E-state index contributed by atoms with van der Waals surface area (Å²) in [6.07, 6.45) is 1.83. The Morgan fingerprint density at radius 1 is 1.19 bits per heavy atom. The molecule has 1 amide bonds. The molecule has 3 heterocycles. The van der Waals surface area contributed by atoms with Crippen LogP contribution in [-0.2, 0) is 13.7 Å². The first kappa shape index (κ1) is 17.0. The van der Waals surface area contributed by atoms with Gasteiger partial charge in [0.15, 0.2) is 0 Å². The van der Waals surface area contributed by atoms with Crippen molar-refractivity contribution in [3.05, 3.63) is 70.4 Å². The Labute approximate surface area is 154 Å². The lowest BCUT2D eigenvalue weighted by Crippen LogP contribution is -2.51. The van der Waals surface area contributed by atoms with E-state index in [-0.39, 0.29) is 23.2 Å². The maximum absolute atomic E-state index is 12.4. The molecular weight excluding hydrogens is 348 g/mol. The molecule has 9 heteroatoms. The van der Waals surface area contributed by atoms with E-state index in [9.17, 15) is 9.59 Å². The summed E-state index contributed by atoms with van der Waals surface area (Å²) < 4.78 is 8.56. The van der Waals surface area contributed by atoms with Gasteiger partial charge in [0, 0.05) is 26.2 Å². The zero-order valence-electron chi connectivity index (χ0n) is 14.7. The summed E-state index contributed by atoms with van der Waals surface area (Å²) in [6, 6.07) is 12.4. The molecule has 27 heavy (non-hydrogen) atoms. The fraction of sp³-hybridized carbons (Fsp3) is 0.278. The number of nitrogens with zero attached hydrogens (tertiary/aromatic N) is 6. The molecule has 4 rings (SSSR count). The molecule has 1 aliphatic heterocycles. The number of para-hydroxylation sites is 1. The fourth-order valence-corrected chi connectivity index (χ4v) is 2.80. The fourth-order valence-electron chi connectivity index (χ4n) is 2.80. The van der Waals surface area contributed by atoms with E-state index in [1.54, 1.807) is 9.58 Å². The predicted octanol–water partition coefficient (Wildman–Crippen LogP) is 0.648. The SMILES string of the molecule is Cn1nc(C(=O)N2CC(n3cc(COc4ccccc4)nn3)C2)ccc1=O. The van der Waals surface area contributed by atoms with E-state index in [4.69, 9.17) is 4.74 Å². The third-order valence-electron chi connectivity index (χ3n) is 4.39. The van der Waals surface area contributed by atoms with Gasteiger partial charge in [0.05, 0.1) is 12.2 Å². The van der Waals surface area contributed by atoms with Crippen LogP contribution in [-0.4, -0.2) is 48.7 Å². The Kier molecular flexibility index (Phi) is 4.41. The zero-order chi connectivity index (χ0) is 18.8. The van der Waals surface area contributed by atoms with Gasteiger partial charge >= 0.3 is 0 Å². The lowest BCUT2D eigenvalue weighted by molar-refractivity contribution is 0.0490. The van der Waals surface area contributed by atoms with E-state index in [0.717, 1.165) is 16.1 Å². The number of likely N-dealkylation sites (tertiary alicyclic amines) is 1. The molecular formula is C18H18N6O3. The molecule has 0 saturated carbocycles. The van der Waals surface area contributed by atoms with Gasteiger partial charge in [-0.05, 0) is 18.2 Å². The highest BCUT2D eigenvalue weighted by Crippen LogP contribution is 2.22. The van der Waals surface area contributed by atoms with Crippen LogP contribution in [0.1, 0.15) is 22.2 Å². The summed E-state index contributed by atoms with van der Waals surface area (Å²) in [5.74, 6) is 0.576. The van der Waals surface area contributed by atoms with Gasteiger partial charge in [-0.25, -0.2) is 9.36 Å². The molecule has 0 spiro atoms. The van der Waals surface area contributed by atoms with Gasteiger partial charge in [-0.15, -0.1) is 5.10 Å². The number of aryl methyl sites for hydroxylation is 1. The molecule has 1 aliphatic rings. The first-order valence-electron chi connectivity index (χ1n) is 8.52. The van der Waals surface area contributed by atoms with Crippen molar-refractivity contribution in [3.63, 3.8) is 0 Å². The average molecular weight is 366 g/mol. The predicted molar refractivity (Wildman–Crippen MR) is 95.2 cm³/mol. The molecule has 1 fully saturated rings. The molecule has 9 nitrogen and oxygen atoms in total. The van der Waals surface area contributed by atoms with Crippen molar-refractivity contribution in [1.29, 1.82) is 0 Å². The number of hydrogen-bond acceptors (Lipinski definition) is 6. The van der Waals surface area contributed by atoms with E-state index in [1.807, 2.05) is 36.5 Å². The molecule has 3 aromatic rings. The minimum Gasteiger partial charge on any atom is -0.487 e. The largest absolute Gasteiger partial charge is 0.487 e. The summed E-state index contributed by atoms with van der Waals surface area (Å²) in [5.41, 5.74) is 0.732. The van der Waals surface area contributed by atoms with E-state index < -0.39 is 0 Å². The van der Waals surface area contributed by atoms with Gasteiger partial charge in [-0.3, -0.25) is 9.59 Å². The van der Waals surface area contributed by atoms with Crippen LogP contribution in [0.2, 0.25) is 0 Å². The molecule has 138 valence electrons. The van der Waals surface area contributed by atoms with Gasteiger partial charge in [0.1, 0.15) is 23.7 Å². The van der Waals surface area contributed by atoms with Crippen molar-refractivity contribution in [1.82, 2.24) is 29.7 Å². The van der Waals surface area contributed by atoms with Crippen molar-refractivity contribution >= 4 is 5.91 Å². The molecule has 1 aromatic carbocycles. The van der Waals surface area contributed by atoms with E-state index >= 15 is 0 Å². The van der Waals surface area contributed by atoms with Crippen LogP contribution in [0, 0.1) is 0 Å². The maximum Gasteiger partial charge on any atom is 0.274 e. The van der Waals surface area contributed by atoms with Crippen LogP contribution in [0.25, 0.3) is 0 Å². The Morgan fingerprint density at radius 3 is 2.70 bits per heavy atom. The maximum atomic E-state index is 12.4. The number of benzene rings is 1. The van der Waals surface area contributed by atoms with Crippen LogP contribution in [0.15, 0.2) is 53.5 Å². The lowest BCUT2D eigenvalue weighted by Gasteiger charge is -2.38. The Morgan fingerprint density at radius 2 is 1.96 bits per heavy atom. The van der Waals surface area contributed by atoms with E-state index in [1.165, 1.54) is 19.2 Å². The topological polar surface area (TPSA) is 95.1 Å². The van der Waals surface area contributed by atoms with Gasteiger partial charge in [-0.2, -0.15) is 5.10 Å². The lowest BCUT2D eigenvalue weighted by atomic mass is 10.1. The van der Waals surface area contributed by atoms with E-state index in [2.05, 4.69) is 15.4 Å². The highest BCUT2D eigenvalue weighted by atomic mass is 16.5. The number of rotatable bonds is 5. The number of aromatic nitrogens is 5. The van der Waals surface area contributed by atoms with Crippen molar-refractivity contribution in [2.45, 2.75) is 12.6 Å². The van der Waals surface area contributed by atoms with Crippen LogP contribution >= 0.6 is 0 Å². The summed E-state index contributed by atoms with van der Waals surface area (Å²) >= 11 is 0. The van der Waals surface area contributed by atoms with Crippen molar-refractivity contribution in [2.24, 2.45) is 7.05 Å². The van der Waals surface area contributed by atoms with Gasteiger partial charge in [0.2, 0.25) is 0 Å². The number of carbonyl (C=O) groups is 1. The van der Waals surface area contributed by atoms with E-state index in [0.29, 0.717) is 19.7 Å². The molecule has 0 aliphatic carbocycles. The second-order valence-corrected chi connectivity index (χ2v) is 6.34.